The number of pyridine rings is 1. The predicted molar refractivity (Wildman–Crippen MR) is 110 cm³/mol. The largest absolute Gasteiger partial charge is 0.493 e. The number of aliphatic imine (C=N–C) groups is 1. The summed E-state index contributed by atoms with van der Waals surface area (Å²) in [6.07, 6.45) is 3.63. The van der Waals surface area contributed by atoms with Crippen LogP contribution >= 0.6 is 0 Å². The van der Waals surface area contributed by atoms with Crippen molar-refractivity contribution in [3.05, 3.63) is 53.9 Å². The predicted octanol–water partition coefficient (Wildman–Crippen LogP) is 3.18. The number of hydrogen-bond donors (Lipinski definition) is 2. The van der Waals surface area contributed by atoms with Crippen molar-refractivity contribution >= 4 is 5.96 Å². The van der Waals surface area contributed by atoms with E-state index in [0.717, 1.165) is 54.6 Å². The van der Waals surface area contributed by atoms with E-state index in [-0.39, 0.29) is 0 Å². The highest BCUT2D eigenvalue weighted by atomic mass is 16.5. The van der Waals surface area contributed by atoms with Crippen molar-refractivity contribution in [1.82, 2.24) is 15.6 Å². The molecule has 0 aliphatic carbocycles. The van der Waals surface area contributed by atoms with Crippen molar-refractivity contribution in [3.63, 3.8) is 0 Å². The normalized spacial score (nSPS) is 11.1. The van der Waals surface area contributed by atoms with E-state index >= 15 is 0 Å². The zero-order chi connectivity index (χ0) is 19.3. The fourth-order valence-electron chi connectivity index (χ4n) is 2.51. The molecule has 0 saturated carbocycles. The number of ether oxygens (including phenoxy) is 2. The Bertz CT molecular complexity index is 705. The van der Waals surface area contributed by atoms with Crippen molar-refractivity contribution in [2.45, 2.75) is 33.2 Å². The summed E-state index contributed by atoms with van der Waals surface area (Å²) in [5.41, 5.74) is 2.13. The summed E-state index contributed by atoms with van der Waals surface area (Å²) in [7, 11) is 1.66. The average Bonchev–Trinajstić information content (AvgIpc) is 2.71. The molecule has 0 bridgehead atoms. The van der Waals surface area contributed by atoms with Gasteiger partial charge < -0.3 is 20.1 Å². The summed E-state index contributed by atoms with van der Waals surface area (Å²) in [5, 5.41) is 6.62. The molecule has 0 fully saturated rings. The topological polar surface area (TPSA) is 67.8 Å². The quantitative estimate of drug-likeness (QED) is 0.497. The van der Waals surface area contributed by atoms with Crippen molar-refractivity contribution in [2.24, 2.45) is 4.99 Å². The minimum Gasteiger partial charge on any atom is -0.493 e. The standard InChI is InChI=1S/C21H30N4O2/c1-4-14-27-19-10-9-17(15-20(19)26-3)16-25-21(22-5-2)24-13-11-18-8-6-7-12-23-18/h6-10,12,15H,4-5,11,13-14,16H2,1-3H3,(H2,22,24,25). The van der Waals surface area contributed by atoms with Crippen molar-refractivity contribution in [2.75, 3.05) is 26.8 Å². The van der Waals surface area contributed by atoms with E-state index in [1.165, 1.54) is 0 Å². The molecule has 1 aromatic heterocycles. The van der Waals surface area contributed by atoms with Gasteiger partial charge in [-0.05, 0) is 43.2 Å². The molecular formula is C21H30N4O2. The Hall–Kier alpha value is -2.76. The van der Waals surface area contributed by atoms with Gasteiger partial charge >= 0.3 is 0 Å². The van der Waals surface area contributed by atoms with Crippen LogP contribution in [0.3, 0.4) is 0 Å². The van der Waals surface area contributed by atoms with Crippen molar-refractivity contribution in [3.8, 4) is 11.5 Å². The second-order valence-corrected chi connectivity index (χ2v) is 6.03. The first kappa shape index (κ1) is 20.6. The number of benzene rings is 1. The van der Waals surface area contributed by atoms with Crippen LogP contribution in [0.25, 0.3) is 0 Å². The molecule has 0 atom stereocenters. The highest BCUT2D eigenvalue weighted by molar-refractivity contribution is 5.79. The Kier molecular flexibility index (Phi) is 8.96. The van der Waals surface area contributed by atoms with E-state index in [1.54, 1.807) is 7.11 Å². The average molecular weight is 370 g/mol. The number of rotatable bonds is 10. The lowest BCUT2D eigenvalue weighted by molar-refractivity contribution is 0.294. The lowest BCUT2D eigenvalue weighted by Gasteiger charge is -2.13. The number of guanidine groups is 1. The minimum atomic E-state index is 0.559. The Labute approximate surface area is 162 Å². The fraction of sp³-hybridized carbons (Fsp3) is 0.429. The summed E-state index contributed by atoms with van der Waals surface area (Å²) in [6.45, 7) is 6.96. The van der Waals surface area contributed by atoms with Gasteiger partial charge in [0.15, 0.2) is 17.5 Å². The van der Waals surface area contributed by atoms with Crippen molar-refractivity contribution in [1.29, 1.82) is 0 Å². The molecule has 6 heteroatoms. The highest BCUT2D eigenvalue weighted by Gasteiger charge is 2.06. The van der Waals surface area contributed by atoms with Crippen LogP contribution in [0.15, 0.2) is 47.6 Å². The molecule has 0 radical (unpaired) electrons. The summed E-state index contributed by atoms with van der Waals surface area (Å²) < 4.78 is 11.1. The second kappa shape index (κ2) is 11.8. The summed E-state index contributed by atoms with van der Waals surface area (Å²) in [4.78, 5) is 9.00. The van der Waals surface area contributed by atoms with Crippen LogP contribution in [-0.4, -0.2) is 37.7 Å². The van der Waals surface area contributed by atoms with E-state index in [0.29, 0.717) is 13.2 Å². The van der Waals surface area contributed by atoms with Crippen LogP contribution in [0.5, 0.6) is 11.5 Å². The highest BCUT2D eigenvalue weighted by Crippen LogP contribution is 2.28. The second-order valence-electron chi connectivity index (χ2n) is 6.03. The van der Waals surface area contributed by atoms with Crippen LogP contribution < -0.4 is 20.1 Å². The van der Waals surface area contributed by atoms with E-state index in [1.807, 2.05) is 42.6 Å². The summed E-state index contributed by atoms with van der Waals surface area (Å²) in [5.74, 6) is 2.30. The zero-order valence-electron chi connectivity index (χ0n) is 16.5. The Morgan fingerprint density at radius 1 is 1.11 bits per heavy atom. The molecule has 6 nitrogen and oxygen atoms in total. The van der Waals surface area contributed by atoms with Crippen molar-refractivity contribution < 1.29 is 9.47 Å². The lowest BCUT2D eigenvalue weighted by atomic mass is 10.2. The van der Waals surface area contributed by atoms with E-state index < -0.39 is 0 Å². The maximum Gasteiger partial charge on any atom is 0.191 e. The molecule has 0 saturated heterocycles. The Balaban J connectivity index is 1.94. The van der Waals surface area contributed by atoms with Gasteiger partial charge in [0.05, 0.1) is 20.3 Å². The van der Waals surface area contributed by atoms with Gasteiger partial charge in [-0.25, -0.2) is 4.99 Å². The maximum absolute atomic E-state index is 5.70. The van der Waals surface area contributed by atoms with Gasteiger partial charge in [0.25, 0.3) is 0 Å². The van der Waals surface area contributed by atoms with Crippen LogP contribution in [-0.2, 0) is 13.0 Å². The Morgan fingerprint density at radius 2 is 2.00 bits per heavy atom. The van der Waals surface area contributed by atoms with Gasteiger partial charge in [-0.2, -0.15) is 0 Å². The fourth-order valence-corrected chi connectivity index (χ4v) is 2.51. The number of hydrogen-bond acceptors (Lipinski definition) is 4. The molecule has 0 spiro atoms. The molecule has 2 N–H and O–H groups in total. The lowest BCUT2D eigenvalue weighted by Crippen LogP contribution is -2.38. The van der Waals surface area contributed by atoms with Crippen LogP contribution in [0.1, 0.15) is 31.5 Å². The molecule has 0 aliphatic rings. The van der Waals surface area contributed by atoms with E-state index in [2.05, 4.69) is 34.5 Å². The van der Waals surface area contributed by atoms with Crippen LogP contribution in [0, 0.1) is 0 Å². The van der Waals surface area contributed by atoms with Gasteiger partial charge in [0.1, 0.15) is 0 Å². The number of nitrogens with zero attached hydrogens (tertiary/aromatic N) is 2. The van der Waals surface area contributed by atoms with Gasteiger partial charge in [0, 0.05) is 31.4 Å². The van der Waals surface area contributed by atoms with Gasteiger partial charge in [0.2, 0.25) is 0 Å². The summed E-state index contributed by atoms with van der Waals surface area (Å²) in [6, 6.07) is 11.9. The molecule has 2 aromatic rings. The van der Waals surface area contributed by atoms with Gasteiger partial charge in [-0.15, -0.1) is 0 Å². The Morgan fingerprint density at radius 3 is 2.70 bits per heavy atom. The molecular weight excluding hydrogens is 340 g/mol. The van der Waals surface area contributed by atoms with Gasteiger partial charge in [-0.3, -0.25) is 4.98 Å². The first-order valence-corrected chi connectivity index (χ1v) is 9.48. The first-order chi connectivity index (χ1) is 13.3. The maximum atomic E-state index is 5.70. The third kappa shape index (κ3) is 7.17. The third-order valence-electron chi connectivity index (χ3n) is 3.85. The van der Waals surface area contributed by atoms with E-state index in [4.69, 9.17) is 9.47 Å². The number of aromatic nitrogens is 1. The van der Waals surface area contributed by atoms with Crippen LogP contribution in [0.4, 0.5) is 0 Å². The minimum absolute atomic E-state index is 0.559. The molecule has 0 unspecified atom stereocenters. The molecule has 1 heterocycles. The van der Waals surface area contributed by atoms with Gasteiger partial charge in [-0.1, -0.05) is 19.1 Å². The third-order valence-corrected chi connectivity index (χ3v) is 3.85. The SMILES string of the molecule is CCCOc1ccc(CN=C(NCC)NCCc2ccccn2)cc1OC. The smallest absolute Gasteiger partial charge is 0.191 e. The zero-order valence-corrected chi connectivity index (χ0v) is 16.5. The molecule has 0 amide bonds. The number of methoxy groups -OCH3 is 1. The molecule has 146 valence electrons. The number of nitrogens with one attached hydrogen (secondary N) is 2. The van der Waals surface area contributed by atoms with Crippen LogP contribution in [0.2, 0.25) is 0 Å². The molecule has 1 aromatic carbocycles. The first-order valence-electron chi connectivity index (χ1n) is 9.48. The van der Waals surface area contributed by atoms with E-state index in [9.17, 15) is 0 Å². The molecule has 27 heavy (non-hydrogen) atoms. The summed E-state index contributed by atoms with van der Waals surface area (Å²) >= 11 is 0. The molecule has 0 aliphatic heterocycles. The molecule has 2 rings (SSSR count). The monoisotopic (exact) mass is 370 g/mol.